The summed E-state index contributed by atoms with van der Waals surface area (Å²) in [5.41, 5.74) is 1.82. The van der Waals surface area contributed by atoms with Gasteiger partial charge in [-0.3, -0.25) is 9.36 Å². The van der Waals surface area contributed by atoms with Crippen LogP contribution in [0.4, 0.5) is 0 Å². The van der Waals surface area contributed by atoms with Crippen LogP contribution in [-0.2, 0) is 9.53 Å². The first-order valence-electron chi connectivity index (χ1n) is 9.39. The SMILES string of the molecule is COc1cccc(-n2cnnc2SC(C(=O)N2CCOCC2)c2ccccc2)c1. The van der Waals surface area contributed by atoms with E-state index in [1.54, 1.807) is 13.4 Å². The Labute approximate surface area is 173 Å². The minimum absolute atomic E-state index is 0.0599. The zero-order valence-electron chi connectivity index (χ0n) is 16.1. The average molecular weight is 410 g/mol. The Balaban J connectivity index is 1.65. The fraction of sp³-hybridized carbons (Fsp3) is 0.286. The molecule has 29 heavy (non-hydrogen) atoms. The summed E-state index contributed by atoms with van der Waals surface area (Å²) in [6.45, 7) is 2.34. The first-order valence-corrected chi connectivity index (χ1v) is 10.3. The smallest absolute Gasteiger partial charge is 0.240 e. The van der Waals surface area contributed by atoms with Crippen molar-refractivity contribution in [2.24, 2.45) is 0 Å². The van der Waals surface area contributed by atoms with Gasteiger partial charge in [-0.15, -0.1) is 10.2 Å². The molecule has 0 bridgehead atoms. The van der Waals surface area contributed by atoms with Crippen molar-refractivity contribution in [1.82, 2.24) is 19.7 Å². The number of amides is 1. The van der Waals surface area contributed by atoms with Gasteiger partial charge in [0.1, 0.15) is 17.3 Å². The van der Waals surface area contributed by atoms with Crippen molar-refractivity contribution < 1.29 is 14.3 Å². The molecule has 0 radical (unpaired) electrons. The van der Waals surface area contributed by atoms with Crippen LogP contribution in [0.5, 0.6) is 5.75 Å². The summed E-state index contributed by atoms with van der Waals surface area (Å²) in [7, 11) is 1.63. The van der Waals surface area contributed by atoms with Gasteiger partial charge >= 0.3 is 0 Å². The normalized spacial score (nSPS) is 15.1. The standard InChI is InChI=1S/C21H22N4O3S/c1-27-18-9-5-8-17(14-18)25-15-22-23-21(25)29-19(16-6-3-2-4-7-16)20(26)24-10-12-28-13-11-24/h2-9,14-15,19H,10-13H2,1H3. The lowest BCUT2D eigenvalue weighted by molar-refractivity contribution is -0.134. The van der Waals surface area contributed by atoms with Crippen LogP contribution >= 0.6 is 11.8 Å². The molecular formula is C21H22N4O3S. The highest BCUT2D eigenvalue weighted by Crippen LogP contribution is 2.37. The Kier molecular flexibility index (Phi) is 6.12. The van der Waals surface area contributed by atoms with Gasteiger partial charge < -0.3 is 14.4 Å². The number of thioether (sulfide) groups is 1. The van der Waals surface area contributed by atoms with Crippen molar-refractivity contribution in [2.45, 2.75) is 10.4 Å². The number of morpholine rings is 1. The van der Waals surface area contributed by atoms with Crippen LogP contribution in [0.2, 0.25) is 0 Å². The van der Waals surface area contributed by atoms with Crippen LogP contribution in [0.3, 0.4) is 0 Å². The van der Waals surface area contributed by atoms with E-state index in [0.717, 1.165) is 17.0 Å². The molecule has 0 saturated carbocycles. The highest BCUT2D eigenvalue weighted by Gasteiger charge is 2.29. The predicted octanol–water partition coefficient (Wildman–Crippen LogP) is 2.97. The van der Waals surface area contributed by atoms with E-state index in [-0.39, 0.29) is 5.91 Å². The number of aromatic nitrogens is 3. The molecule has 1 aliphatic heterocycles. The molecule has 150 valence electrons. The van der Waals surface area contributed by atoms with Crippen LogP contribution < -0.4 is 4.74 Å². The number of nitrogens with zero attached hydrogens (tertiary/aromatic N) is 4. The van der Waals surface area contributed by atoms with Crippen LogP contribution in [0.1, 0.15) is 10.8 Å². The number of carbonyl (C=O) groups excluding carboxylic acids is 1. The molecular weight excluding hydrogens is 388 g/mol. The first-order chi connectivity index (χ1) is 14.3. The van der Waals surface area contributed by atoms with Gasteiger partial charge in [-0.2, -0.15) is 0 Å². The first kappa shape index (κ1) is 19.5. The van der Waals surface area contributed by atoms with E-state index in [1.165, 1.54) is 11.8 Å². The molecule has 1 aromatic heterocycles. The van der Waals surface area contributed by atoms with Crippen LogP contribution in [-0.4, -0.2) is 59.0 Å². The third-order valence-corrected chi connectivity index (χ3v) is 5.92. The third kappa shape index (κ3) is 4.44. The minimum Gasteiger partial charge on any atom is -0.497 e. The van der Waals surface area contributed by atoms with E-state index >= 15 is 0 Å². The van der Waals surface area contributed by atoms with Gasteiger partial charge in [-0.25, -0.2) is 0 Å². The van der Waals surface area contributed by atoms with Gasteiger partial charge in [0.15, 0.2) is 5.16 Å². The highest BCUT2D eigenvalue weighted by atomic mass is 32.2. The second kappa shape index (κ2) is 9.11. The molecule has 1 amide bonds. The number of ether oxygens (including phenoxy) is 2. The van der Waals surface area contributed by atoms with Gasteiger partial charge in [0.2, 0.25) is 5.91 Å². The highest BCUT2D eigenvalue weighted by molar-refractivity contribution is 8.00. The van der Waals surface area contributed by atoms with E-state index in [1.807, 2.05) is 64.1 Å². The summed E-state index contributed by atoms with van der Waals surface area (Å²) in [5.74, 6) is 0.806. The molecule has 2 heterocycles. The quantitative estimate of drug-likeness (QED) is 0.582. The van der Waals surface area contributed by atoms with Crippen LogP contribution in [0.25, 0.3) is 5.69 Å². The average Bonchev–Trinajstić information content (AvgIpc) is 3.26. The Bertz CT molecular complexity index is 957. The Morgan fingerprint density at radius 3 is 2.69 bits per heavy atom. The number of rotatable bonds is 6. The van der Waals surface area contributed by atoms with Crippen molar-refractivity contribution in [3.05, 3.63) is 66.5 Å². The van der Waals surface area contributed by atoms with E-state index in [2.05, 4.69) is 10.2 Å². The maximum Gasteiger partial charge on any atom is 0.240 e. The van der Waals surface area contributed by atoms with Crippen molar-refractivity contribution in [3.63, 3.8) is 0 Å². The number of carbonyl (C=O) groups is 1. The monoisotopic (exact) mass is 410 g/mol. The van der Waals surface area contributed by atoms with Gasteiger partial charge in [0.25, 0.3) is 0 Å². The summed E-state index contributed by atoms with van der Waals surface area (Å²) in [4.78, 5) is 15.2. The zero-order chi connectivity index (χ0) is 20.1. The third-order valence-electron chi connectivity index (χ3n) is 4.72. The van der Waals surface area contributed by atoms with Gasteiger partial charge in [0, 0.05) is 19.2 Å². The molecule has 7 nitrogen and oxygen atoms in total. The molecule has 2 aromatic carbocycles. The maximum absolute atomic E-state index is 13.3. The summed E-state index contributed by atoms with van der Waals surface area (Å²) in [6.07, 6.45) is 1.65. The number of methoxy groups -OCH3 is 1. The van der Waals surface area contributed by atoms with E-state index in [0.29, 0.717) is 31.5 Å². The minimum atomic E-state index is -0.414. The fourth-order valence-electron chi connectivity index (χ4n) is 3.19. The van der Waals surface area contributed by atoms with Gasteiger partial charge in [-0.05, 0) is 17.7 Å². The van der Waals surface area contributed by atoms with Crippen molar-refractivity contribution >= 4 is 17.7 Å². The van der Waals surface area contributed by atoms with Crippen molar-refractivity contribution in [3.8, 4) is 11.4 Å². The Morgan fingerprint density at radius 1 is 1.14 bits per heavy atom. The molecule has 1 aliphatic rings. The van der Waals surface area contributed by atoms with Gasteiger partial charge in [-0.1, -0.05) is 48.2 Å². The summed E-state index contributed by atoms with van der Waals surface area (Å²) >= 11 is 1.40. The van der Waals surface area contributed by atoms with Gasteiger partial charge in [0.05, 0.1) is 26.0 Å². The fourth-order valence-corrected chi connectivity index (χ4v) is 4.30. The molecule has 1 saturated heterocycles. The largest absolute Gasteiger partial charge is 0.497 e. The molecule has 1 atom stereocenters. The summed E-state index contributed by atoms with van der Waals surface area (Å²) in [6, 6.07) is 17.5. The lowest BCUT2D eigenvalue weighted by Gasteiger charge is -2.30. The number of benzene rings is 2. The zero-order valence-corrected chi connectivity index (χ0v) is 16.9. The molecule has 0 spiro atoms. The topological polar surface area (TPSA) is 69.5 Å². The van der Waals surface area contributed by atoms with E-state index in [9.17, 15) is 4.79 Å². The number of hydrogen-bond donors (Lipinski definition) is 0. The molecule has 0 N–H and O–H groups in total. The lowest BCUT2D eigenvalue weighted by atomic mass is 10.1. The summed E-state index contributed by atoms with van der Waals surface area (Å²) in [5, 5.41) is 8.59. The van der Waals surface area contributed by atoms with Crippen LogP contribution in [0, 0.1) is 0 Å². The maximum atomic E-state index is 13.3. The molecule has 1 fully saturated rings. The lowest BCUT2D eigenvalue weighted by Crippen LogP contribution is -2.42. The summed E-state index contributed by atoms with van der Waals surface area (Å²) < 4.78 is 12.6. The van der Waals surface area contributed by atoms with Crippen molar-refractivity contribution in [1.29, 1.82) is 0 Å². The molecule has 4 rings (SSSR count). The Morgan fingerprint density at radius 2 is 1.93 bits per heavy atom. The molecule has 3 aromatic rings. The predicted molar refractivity (Wildman–Crippen MR) is 110 cm³/mol. The molecule has 1 unspecified atom stereocenters. The van der Waals surface area contributed by atoms with Crippen LogP contribution in [0.15, 0.2) is 66.1 Å². The second-order valence-electron chi connectivity index (χ2n) is 6.53. The Hall–Kier alpha value is -2.84. The molecule has 0 aliphatic carbocycles. The van der Waals surface area contributed by atoms with E-state index in [4.69, 9.17) is 9.47 Å². The van der Waals surface area contributed by atoms with E-state index < -0.39 is 5.25 Å². The number of hydrogen-bond acceptors (Lipinski definition) is 6. The van der Waals surface area contributed by atoms with Crippen molar-refractivity contribution in [2.75, 3.05) is 33.4 Å². The second-order valence-corrected chi connectivity index (χ2v) is 7.60. The molecule has 8 heteroatoms.